The molecular weight excluding hydrogens is 318 g/mol. The van der Waals surface area contributed by atoms with Crippen LogP contribution in [0, 0.1) is 0 Å². The molecule has 1 heterocycles. The molecule has 3 aromatic rings. The van der Waals surface area contributed by atoms with E-state index in [2.05, 4.69) is 20.4 Å². The van der Waals surface area contributed by atoms with Crippen LogP contribution in [-0.2, 0) is 6.54 Å². The predicted molar refractivity (Wildman–Crippen MR) is 84.2 cm³/mol. The summed E-state index contributed by atoms with van der Waals surface area (Å²) < 4.78 is 30.2. The molecule has 1 amide bonds. The first-order chi connectivity index (χ1) is 11.6. The number of halogens is 2. The number of alkyl halides is 2. The number of amides is 1. The first kappa shape index (κ1) is 15.9. The molecular formula is C16H14F2N4O2. The number of rotatable bonds is 5. The van der Waals surface area contributed by atoms with Crippen molar-refractivity contribution in [2.45, 2.75) is 20.1 Å². The summed E-state index contributed by atoms with van der Waals surface area (Å²) in [5.41, 5.74) is 2.38. The molecule has 0 saturated heterocycles. The highest BCUT2D eigenvalue weighted by atomic mass is 19.3. The molecule has 0 unspecified atom stereocenters. The lowest BCUT2D eigenvalue weighted by Gasteiger charge is -2.07. The maximum absolute atomic E-state index is 12.3. The van der Waals surface area contributed by atoms with Gasteiger partial charge in [0.25, 0.3) is 5.91 Å². The topological polar surface area (TPSA) is 69.0 Å². The number of anilines is 1. The first-order valence-corrected chi connectivity index (χ1v) is 7.26. The lowest BCUT2D eigenvalue weighted by atomic mass is 10.2. The number of carbonyl (C=O) groups is 1. The highest BCUT2D eigenvalue weighted by molar-refractivity contribution is 6.05. The van der Waals surface area contributed by atoms with E-state index < -0.39 is 6.61 Å². The number of hydrogen-bond donors (Lipinski definition) is 1. The Hall–Kier alpha value is -3.03. The zero-order valence-electron chi connectivity index (χ0n) is 12.7. The van der Waals surface area contributed by atoms with E-state index in [1.165, 1.54) is 24.3 Å². The fourth-order valence-corrected chi connectivity index (χ4v) is 2.27. The van der Waals surface area contributed by atoms with Crippen LogP contribution in [0.25, 0.3) is 11.0 Å². The van der Waals surface area contributed by atoms with Crippen molar-refractivity contribution in [1.82, 2.24) is 15.0 Å². The standard InChI is InChI=1S/C16H14F2N4O2/c1-2-22-14-8-3-10(9-13(14)20-21-22)15(23)19-11-4-6-12(7-5-11)24-16(17)18/h3-9,16H,2H2,1H3,(H,19,23). The number of ether oxygens (including phenoxy) is 1. The van der Waals surface area contributed by atoms with Crippen molar-refractivity contribution in [3.63, 3.8) is 0 Å². The van der Waals surface area contributed by atoms with Crippen LogP contribution in [0.5, 0.6) is 5.75 Å². The maximum atomic E-state index is 12.3. The number of aromatic nitrogens is 3. The molecule has 0 fully saturated rings. The van der Waals surface area contributed by atoms with Gasteiger partial charge in [-0.2, -0.15) is 8.78 Å². The Labute approximate surface area is 136 Å². The van der Waals surface area contributed by atoms with Gasteiger partial charge in [-0.1, -0.05) is 5.21 Å². The lowest BCUT2D eigenvalue weighted by Crippen LogP contribution is -2.11. The van der Waals surface area contributed by atoms with Crippen molar-refractivity contribution in [1.29, 1.82) is 0 Å². The molecule has 1 N–H and O–H groups in total. The number of carbonyl (C=O) groups excluding carboxylic acids is 1. The Morgan fingerprint density at radius 1 is 1.25 bits per heavy atom. The van der Waals surface area contributed by atoms with Crippen LogP contribution in [0.4, 0.5) is 14.5 Å². The molecule has 6 nitrogen and oxygen atoms in total. The van der Waals surface area contributed by atoms with E-state index in [9.17, 15) is 13.6 Å². The summed E-state index contributed by atoms with van der Waals surface area (Å²) in [4.78, 5) is 12.3. The third-order valence-electron chi connectivity index (χ3n) is 3.41. The second-order valence-electron chi connectivity index (χ2n) is 4.97. The fourth-order valence-electron chi connectivity index (χ4n) is 2.27. The van der Waals surface area contributed by atoms with Gasteiger partial charge in [0.15, 0.2) is 0 Å². The minimum Gasteiger partial charge on any atom is -0.435 e. The quantitative estimate of drug-likeness (QED) is 0.778. The Morgan fingerprint density at radius 3 is 2.67 bits per heavy atom. The number of hydrogen-bond acceptors (Lipinski definition) is 4. The molecule has 0 saturated carbocycles. The van der Waals surface area contributed by atoms with E-state index in [-0.39, 0.29) is 11.7 Å². The summed E-state index contributed by atoms with van der Waals surface area (Å²) >= 11 is 0. The molecule has 0 aliphatic carbocycles. The van der Waals surface area contributed by atoms with Crippen LogP contribution >= 0.6 is 0 Å². The zero-order valence-corrected chi connectivity index (χ0v) is 12.7. The lowest BCUT2D eigenvalue weighted by molar-refractivity contribution is -0.0498. The normalized spacial score (nSPS) is 11.0. The molecule has 124 valence electrons. The number of benzene rings is 2. The van der Waals surface area contributed by atoms with E-state index in [0.29, 0.717) is 23.3 Å². The van der Waals surface area contributed by atoms with Gasteiger partial charge in [-0.15, -0.1) is 5.10 Å². The van der Waals surface area contributed by atoms with Crippen LogP contribution in [0.15, 0.2) is 42.5 Å². The first-order valence-electron chi connectivity index (χ1n) is 7.26. The Morgan fingerprint density at radius 2 is 2.00 bits per heavy atom. The second kappa shape index (κ2) is 6.61. The van der Waals surface area contributed by atoms with E-state index >= 15 is 0 Å². The highest BCUT2D eigenvalue weighted by Crippen LogP contribution is 2.19. The van der Waals surface area contributed by atoms with Crippen LogP contribution in [-0.4, -0.2) is 27.5 Å². The molecule has 0 radical (unpaired) electrons. The SMILES string of the molecule is CCn1nnc2cc(C(=O)Nc3ccc(OC(F)F)cc3)ccc21. The van der Waals surface area contributed by atoms with Gasteiger partial charge in [0.05, 0.1) is 5.52 Å². The molecule has 0 bridgehead atoms. The summed E-state index contributed by atoms with van der Waals surface area (Å²) in [7, 11) is 0. The highest BCUT2D eigenvalue weighted by Gasteiger charge is 2.10. The summed E-state index contributed by atoms with van der Waals surface area (Å²) in [5, 5.41) is 10.7. The Balaban J connectivity index is 1.74. The van der Waals surface area contributed by atoms with Gasteiger partial charge in [0.2, 0.25) is 0 Å². The molecule has 3 rings (SSSR count). The number of nitrogens with zero attached hydrogens (tertiary/aromatic N) is 3. The van der Waals surface area contributed by atoms with E-state index in [4.69, 9.17) is 0 Å². The molecule has 2 aromatic carbocycles. The number of aryl methyl sites for hydroxylation is 1. The van der Waals surface area contributed by atoms with Crippen molar-refractivity contribution in [2.24, 2.45) is 0 Å². The summed E-state index contributed by atoms with van der Waals surface area (Å²) in [6.07, 6.45) is 0. The molecule has 1 aromatic heterocycles. The summed E-state index contributed by atoms with van der Waals surface area (Å²) in [5.74, 6) is -0.300. The fraction of sp³-hybridized carbons (Fsp3) is 0.188. The number of nitrogens with one attached hydrogen (secondary N) is 1. The van der Waals surface area contributed by atoms with Crippen LogP contribution in [0.3, 0.4) is 0 Å². The van der Waals surface area contributed by atoms with Gasteiger partial charge in [-0.3, -0.25) is 4.79 Å². The summed E-state index contributed by atoms with van der Waals surface area (Å²) in [6.45, 7) is -0.237. The molecule has 0 aliphatic heterocycles. The second-order valence-corrected chi connectivity index (χ2v) is 4.97. The predicted octanol–water partition coefficient (Wildman–Crippen LogP) is 3.30. The van der Waals surface area contributed by atoms with Crippen molar-refractivity contribution in [3.8, 4) is 5.75 Å². The molecule has 24 heavy (non-hydrogen) atoms. The van der Waals surface area contributed by atoms with Crippen LogP contribution < -0.4 is 10.1 Å². The molecule has 8 heteroatoms. The van der Waals surface area contributed by atoms with Crippen molar-refractivity contribution >= 4 is 22.6 Å². The average Bonchev–Trinajstić information content (AvgIpc) is 2.98. The van der Waals surface area contributed by atoms with Gasteiger partial charge in [0.1, 0.15) is 11.3 Å². The maximum Gasteiger partial charge on any atom is 0.387 e. The van der Waals surface area contributed by atoms with E-state index in [1.807, 2.05) is 6.92 Å². The third-order valence-corrected chi connectivity index (χ3v) is 3.41. The monoisotopic (exact) mass is 332 g/mol. The van der Waals surface area contributed by atoms with Gasteiger partial charge in [0, 0.05) is 17.8 Å². The minimum atomic E-state index is -2.88. The van der Waals surface area contributed by atoms with Gasteiger partial charge in [-0.25, -0.2) is 4.68 Å². The van der Waals surface area contributed by atoms with E-state index in [0.717, 1.165) is 5.52 Å². The van der Waals surface area contributed by atoms with Gasteiger partial charge in [-0.05, 0) is 49.4 Å². The van der Waals surface area contributed by atoms with E-state index in [1.54, 1.807) is 22.9 Å². The zero-order chi connectivity index (χ0) is 17.1. The third kappa shape index (κ3) is 3.32. The van der Waals surface area contributed by atoms with Crippen molar-refractivity contribution in [2.75, 3.05) is 5.32 Å². The smallest absolute Gasteiger partial charge is 0.387 e. The molecule has 0 spiro atoms. The largest absolute Gasteiger partial charge is 0.435 e. The van der Waals surface area contributed by atoms with Crippen molar-refractivity contribution < 1.29 is 18.3 Å². The number of fused-ring (bicyclic) bond motifs is 1. The molecule has 0 atom stereocenters. The summed E-state index contributed by atoms with van der Waals surface area (Å²) in [6, 6.07) is 10.8. The van der Waals surface area contributed by atoms with Gasteiger partial charge >= 0.3 is 6.61 Å². The molecule has 0 aliphatic rings. The van der Waals surface area contributed by atoms with Crippen LogP contribution in [0.1, 0.15) is 17.3 Å². The van der Waals surface area contributed by atoms with Crippen molar-refractivity contribution in [3.05, 3.63) is 48.0 Å². The minimum absolute atomic E-state index is 0.0283. The van der Waals surface area contributed by atoms with Gasteiger partial charge < -0.3 is 10.1 Å². The average molecular weight is 332 g/mol. The Bertz CT molecular complexity index is 862. The van der Waals surface area contributed by atoms with Crippen LogP contribution in [0.2, 0.25) is 0 Å². The Kier molecular flexibility index (Phi) is 4.37.